The van der Waals surface area contributed by atoms with Gasteiger partial charge in [0, 0.05) is 12.6 Å². The molecule has 1 N–H and O–H groups in total. The van der Waals surface area contributed by atoms with E-state index in [-0.39, 0.29) is 6.04 Å². The number of hydroxylamine groups is 2. The molecule has 0 aromatic heterocycles. The summed E-state index contributed by atoms with van der Waals surface area (Å²) in [5, 5.41) is 9.73. The van der Waals surface area contributed by atoms with Crippen molar-refractivity contribution in [1.29, 1.82) is 0 Å². The zero-order valence-corrected chi connectivity index (χ0v) is 5.91. The Balaban J connectivity index is 2.33. The van der Waals surface area contributed by atoms with Gasteiger partial charge in [-0.3, -0.25) is 0 Å². The predicted molar refractivity (Wildman–Crippen MR) is 34.5 cm³/mol. The Labute approximate surface area is 59.3 Å². The first-order valence-corrected chi connectivity index (χ1v) is 3.37. The van der Waals surface area contributed by atoms with E-state index in [9.17, 15) is 4.79 Å². The fourth-order valence-electron chi connectivity index (χ4n) is 1.14. The minimum absolute atomic E-state index is 0.246. The molecule has 0 aromatic carbocycles. The lowest BCUT2D eigenvalue weighted by molar-refractivity contribution is -0.124. The van der Waals surface area contributed by atoms with Crippen LogP contribution in [-0.2, 0) is 4.84 Å². The monoisotopic (exact) mass is 145 g/mol. The molecule has 4 heteroatoms. The number of hydrogen-bond donors (Lipinski definition) is 1. The Bertz CT molecular complexity index is 137. The number of hydrogen-bond acceptors (Lipinski definition) is 3. The molecule has 1 heterocycles. The Morgan fingerprint density at radius 1 is 1.80 bits per heavy atom. The molecular formula is C6H11NO3. The van der Waals surface area contributed by atoms with Gasteiger partial charge in [0.05, 0.1) is 0 Å². The lowest BCUT2D eigenvalue weighted by atomic mass is 10.3. The third kappa shape index (κ3) is 1.60. The van der Waals surface area contributed by atoms with Crippen molar-refractivity contribution in [2.24, 2.45) is 0 Å². The second-order valence-corrected chi connectivity index (χ2v) is 2.49. The van der Waals surface area contributed by atoms with Crippen LogP contribution in [0, 0.1) is 0 Å². The smallest absolute Gasteiger partial charge is 0.448 e. The van der Waals surface area contributed by atoms with Crippen LogP contribution in [0.25, 0.3) is 0 Å². The van der Waals surface area contributed by atoms with Crippen molar-refractivity contribution in [3.63, 3.8) is 0 Å². The van der Waals surface area contributed by atoms with Crippen molar-refractivity contribution < 1.29 is 14.7 Å². The van der Waals surface area contributed by atoms with E-state index in [1.165, 1.54) is 5.06 Å². The van der Waals surface area contributed by atoms with Crippen molar-refractivity contribution in [1.82, 2.24) is 5.06 Å². The highest BCUT2D eigenvalue weighted by molar-refractivity contribution is 5.56. The molecule has 0 aromatic rings. The molecule has 1 unspecified atom stereocenters. The molecule has 1 atom stereocenters. The van der Waals surface area contributed by atoms with Crippen molar-refractivity contribution in [2.45, 2.75) is 25.8 Å². The van der Waals surface area contributed by atoms with E-state index in [2.05, 4.69) is 4.84 Å². The summed E-state index contributed by atoms with van der Waals surface area (Å²) in [7, 11) is 0. The number of rotatable bonds is 1. The van der Waals surface area contributed by atoms with E-state index in [1.807, 2.05) is 6.92 Å². The lowest BCUT2D eigenvalue weighted by Crippen LogP contribution is -2.29. The molecule has 1 fully saturated rings. The average molecular weight is 145 g/mol. The minimum atomic E-state index is -1.21. The van der Waals surface area contributed by atoms with Gasteiger partial charge in [-0.2, -0.15) is 0 Å². The highest BCUT2D eigenvalue weighted by atomic mass is 16.8. The molecule has 0 amide bonds. The number of nitrogens with zero attached hydrogens (tertiary/aromatic N) is 1. The second-order valence-electron chi connectivity index (χ2n) is 2.49. The van der Waals surface area contributed by atoms with Gasteiger partial charge in [0.25, 0.3) is 0 Å². The number of carboxylic acid groups (broad SMARTS) is 1. The molecule has 1 rings (SSSR count). The molecule has 1 aliphatic rings. The molecule has 1 aliphatic heterocycles. The normalized spacial score (nSPS) is 26.7. The molecule has 10 heavy (non-hydrogen) atoms. The van der Waals surface area contributed by atoms with Crippen LogP contribution in [0.1, 0.15) is 19.8 Å². The van der Waals surface area contributed by atoms with Gasteiger partial charge in [0.2, 0.25) is 0 Å². The summed E-state index contributed by atoms with van der Waals surface area (Å²) in [5.74, 6) is 0. The van der Waals surface area contributed by atoms with Crippen LogP contribution in [0.3, 0.4) is 0 Å². The molecule has 4 nitrogen and oxygen atoms in total. The maximum atomic E-state index is 10.0. The zero-order valence-electron chi connectivity index (χ0n) is 5.91. The lowest BCUT2D eigenvalue weighted by Gasteiger charge is -2.16. The van der Waals surface area contributed by atoms with Crippen LogP contribution < -0.4 is 0 Å². The first-order valence-electron chi connectivity index (χ1n) is 3.37. The van der Waals surface area contributed by atoms with Crippen molar-refractivity contribution in [3.8, 4) is 0 Å². The molecule has 1 saturated heterocycles. The zero-order chi connectivity index (χ0) is 7.56. The van der Waals surface area contributed by atoms with Crippen LogP contribution in [0.2, 0.25) is 0 Å². The first kappa shape index (κ1) is 7.34. The van der Waals surface area contributed by atoms with Gasteiger partial charge < -0.3 is 9.94 Å². The van der Waals surface area contributed by atoms with Crippen molar-refractivity contribution in [3.05, 3.63) is 0 Å². The van der Waals surface area contributed by atoms with Gasteiger partial charge in [0.1, 0.15) is 0 Å². The SMILES string of the molecule is CC1CCCN1OC(=O)O. The predicted octanol–water partition coefficient (Wildman–Crippen LogP) is 1.08. The Hall–Kier alpha value is -0.770. The van der Waals surface area contributed by atoms with Gasteiger partial charge in [-0.15, -0.1) is 5.06 Å². The molecule has 0 radical (unpaired) electrons. The highest BCUT2D eigenvalue weighted by Gasteiger charge is 2.23. The summed E-state index contributed by atoms with van der Waals surface area (Å²) >= 11 is 0. The van der Waals surface area contributed by atoms with Gasteiger partial charge in [0.15, 0.2) is 0 Å². The van der Waals surface area contributed by atoms with Gasteiger partial charge in [-0.25, -0.2) is 4.79 Å². The maximum Gasteiger partial charge on any atom is 0.525 e. The summed E-state index contributed by atoms with van der Waals surface area (Å²) in [6.45, 7) is 2.68. The Morgan fingerprint density at radius 2 is 2.50 bits per heavy atom. The van der Waals surface area contributed by atoms with Gasteiger partial charge in [-0.1, -0.05) is 0 Å². The average Bonchev–Trinajstić information content (AvgIpc) is 2.15. The minimum Gasteiger partial charge on any atom is -0.448 e. The molecule has 58 valence electrons. The molecule has 0 spiro atoms. The summed E-state index contributed by atoms with van der Waals surface area (Å²) in [4.78, 5) is 14.5. The van der Waals surface area contributed by atoms with E-state index in [0.29, 0.717) is 0 Å². The Morgan fingerprint density at radius 3 is 2.90 bits per heavy atom. The molecular weight excluding hydrogens is 134 g/mol. The summed E-state index contributed by atoms with van der Waals surface area (Å²) in [6, 6.07) is 0.246. The van der Waals surface area contributed by atoms with Crippen LogP contribution in [0.15, 0.2) is 0 Å². The summed E-state index contributed by atoms with van der Waals surface area (Å²) in [5.41, 5.74) is 0. The summed E-state index contributed by atoms with van der Waals surface area (Å²) in [6.07, 6.45) is 0.829. The van der Waals surface area contributed by atoms with Crippen molar-refractivity contribution >= 4 is 6.16 Å². The fraction of sp³-hybridized carbons (Fsp3) is 0.833. The quantitative estimate of drug-likeness (QED) is 0.599. The molecule has 0 saturated carbocycles. The molecule has 0 bridgehead atoms. The summed E-state index contributed by atoms with van der Waals surface area (Å²) < 4.78 is 0. The van der Waals surface area contributed by atoms with Crippen LogP contribution in [0.4, 0.5) is 4.79 Å². The fourth-order valence-corrected chi connectivity index (χ4v) is 1.14. The van der Waals surface area contributed by atoms with Crippen LogP contribution in [0.5, 0.6) is 0 Å². The van der Waals surface area contributed by atoms with Gasteiger partial charge >= 0.3 is 6.16 Å². The Kier molecular flexibility index (Phi) is 2.11. The van der Waals surface area contributed by atoms with Gasteiger partial charge in [-0.05, 0) is 19.8 Å². The van der Waals surface area contributed by atoms with E-state index >= 15 is 0 Å². The number of carbonyl (C=O) groups is 1. The topological polar surface area (TPSA) is 49.8 Å². The van der Waals surface area contributed by atoms with E-state index < -0.39 is 6.16 Å². The third-order valence-corrected chi connectivity index (χ3v) is 1.69. The van der Waals surface area contributed by atoms with E-state index in [0.717, 1.165) is 19.4 Å². The van der Waals surface area contributed by atoms with Crippen LogP contribution in [-0.4, -0.2) is 28.9 Å². The standard InChI is InChI=1S/C6H11NO3/c1-5-3-2-4-7(5)10-6(8)9/h5H,2-4H2,1H3,(H,8,9). The third-order valence-electron chi connectivity index (χ3n) is 1.69. The highest BCUT2D eigenvalue weighted by Crippen LogP contribution is 2.15. The van der Waals surface area contributed by atoms with E-state index in [1.54, 1.807) is 0 Å². The largest absolute Gasteiger partial charge is 0.525 e. The second kappa shape index (κ2) is 2.88. The first-order chi connectivity index (χ1) is 4.70. The van der Waals surface area contributed by atoms with Crippen LogP contribution >= 0.6 is 0 Å². The molecule has 0 aliphatic carbocycles. The van der Waals surface area contributed by atoms with Crippen molar-refractivity contribution in [2.75, 3.05) is 6.54 Å². The maximum absolute atomic E-state index is 10.0. The van der Waals surface area contributed by atoms with E-state index in [4.69, 9.17) is 5.11 Å².